The van der Waals surface area contributed by atoms with Crippen LogP contribution in [0.3, 0.4) is 0 Å². The molecule has 1 N–H and O–H groups in total. The molecule has 1 aromatic carbocycles. The van der Waals surface area contributed by atoms with Crippen molar-refractivity contribution in [3.05, 3.63) is 46.2 Å². The van der Waals surface area contributed by atoms with E-state index in [4.69, 9.17) is 5.26 Å². The van der Waals surface area contributed by atoms with E-state index in [-0.39, 0.29) is 11.4 Å². The molecule has 0 bridgehead atoms. The summed E-state index contributed by atoms with van der Waals surface area (Å²) < 4.78 is 39.7. The van der Waals surface area contributed by atoms with Crippen LogP contribution >= 0.6 is 11.3 Å². The van der Waals surface area contributed by atoms with E-state index in [1.807, 2.05) is 0 Å². The highest BCUT2D eigenvalue weighted by Crippen LogP contribution is 2.18. The maximum Gasteiger partial charge on any atom is 0.242 e. The first kappa shape index (κ1) is 13.6. The number of thiazole rings is 1. The third-order valence-corrected chi connectivity index (χ3v) is 4.52. The van der Waals surface area contributed by atoms with Gasteiger partial charge < -0.3 is 0 Å². The molecule has 0 aliphatic rings. The van der Waals surface area contributed by atoms with Crippen LogP contribution in [0.25, 0.3) is 0 Å². The Balaban J connectivity index is 2.30. The SMILES string of the molecule is N#Cc1c(F)cccc1S(=O)(=O)NCc1cncs1. The number of hydrogen-bond donors (Lipinski definition) is 1. The van der Waals surface area contributed by atoms with Crippen LogP contribution in [0.1, 0.15) is 10.4 Å². The number of nitrogens with one attached hydrogen (secondary N) is 1. The Labute approximate surface area is 113 Å². The van der Waals surface area contributed by atoms with Crippen molar-refractivity contribution in [2.24, 2.45) is 0 Å². The molecule has 98 valence electrons. The lowest BCUT2D eigenvalue weighted by atomic mass is 10.2. The van der Waals surface area contributed by atoms with E-state index in [9.17, 15) is 12.8 Å². The average molecular weight is 297 g/mol. The summed E-state index contributed by atoms with van der Waals surface area (Å²) in [5.41, 5.74) is 1.09. The molecule has 2 aromatic rings. The molecule has 8 heteroatoms. The number of halogens is 1. The van der Waals surface area contributed by atoms with Gasteiger partial charge in [0.05, 0.1) is 5.51 Å². The second-order valence-corrected chi connectivity index (χ2v) is 6.22. The maximum atomic E-state index is 13.4. The van der Waals surface area contributed by atoms with Gasteiger partial charge in [-0.3, -0.25) is 4.98 Å². The molecule has 0 saturated carbocycles. The van der Waals surface area contributed by atoms with Gasteiger partial charge in [-0.15, -0.1) is 11.3 Å². The predicted octanol–water partition coefficient (Wildman–Crippen LogP) is 1.63. The molecular weight excluding hydrogens is 289 g/mol. The number of sulfonamides is 1. The second kappa shape index (κ2) is 5.44. The summed E-state index contributed by atoms with van der Waals surface area (Å²) in [4.78, 5) is 4.17. The van der Waals surface area contributed by atoms with Crippen LogP contribution in [0.4, 0.5) is 4.39 Å². The lowest BCUT2D eigenvalue weighted by molar-refractivity contribution is 0.576. The first-order valence-electron chi connectivity index (χ1n) is 5.10. The van der Waals surface area contributed by atoms with E-state index in [1.54, 1.807) is 11.6 Å². The van der Waals surface area contributed by atoms with E-state index in [1.165, 1.54) is 29.7 Å². The molecule has 0 spiro atoms. The molecule has 0 saturated heterocycles. The quantitative estimate of drug-likeness (QED) is 0.929. The second-order valence-electron chi connectivity index (χ2n) is 3.52. The van der Waals surface area contributed by atoms with Crippen LogP contribution < -0.4 is 4.72 Å². The Hall–Kier alpha value is -1.82. The van der Waals surface area contributed by atoms with Gasteiger partial charge in [0, 0.05) is 17.6 Å². The standard InChI is InChI=1S/C11H8FN3O2S2/c12-10-2-1-3-11(9(10)4-13)19(16,17)15-6-8-5-14-7-18-8/h1-3,5,7,15H,6H2. The van der Waals surface area contributed by atoms with E-state index in [2.05, 4.69) is 9.71 Å². The summed E-state index contributed by atoms with van der Waals surface area (Å²) in [6, 6.07) is 5.04. The van der Waals surface area contributed by atoms with Crippen molar-refractivity contribution in [3.8, 4) is 6.07 Å². The zero-order valence-corrected chi connectivity index (χ0v) is 11.1. The zero-order valence-electron chi connectivity index (χ0n) is 9.50. The van der Waals surface area contributed by atoms with Gasteiger partial charge in [-0.05, 0) is 12.1 Å². The lowest BCUT2D eigenvalue weighted by Gasteiger charge is -2.07. The highest BCUT2D eigenvalue weighted by molar-refractivity contribution is 7.89. The van der Waals surface area contributed by atoms with Gasteiger partial charge in [0.2, 0.25) is 10.0 Å². The summed E-state index contributed by atoms with van der Waals surface area (Å²) in [5, 5.41) is 8.82. The highest BCUT2D eigenvalue weighted by Gasteiger charge is 2.20. The zero-order chi connectivity index (χ0) is 13.9. The van der Waals surface area contributed by atoms with Gasteiger partial charge in [0.15, 0.2) is 0 Å². The molecule has 1 aromatic heterocycles. The van der Waals surface area contributed by atoms with Crippen molar-refractivity contribution in [3.63, 3.8) is 0 Å². The number of aromatic nitrogens is 1. The van der Waals surface area contributed by atoms with Crippen LogP contribution in [0, 0.1) is 17.1 Å². The normalized spacial score (nSPS) is 11.2. The van der Waals surface area contributed by atoms with Crippen molar-refractivity contribution in [2.75, 3.05) is 0 Å². The van der Waals surface area contributed by atoms with Gasteiger partial charge >= 0.3 is 0 Å². The van der Waals surface area contributed by atoms with Crippen LogP contribution in [0.2, 0.25) is 0 Å². The number of nitriles is 1. The lowest BCUT2D eigenvalue weighted by Crippen LogP contribution is -2.24. The molecule has 0 amide bonds. The minimum absolute atomic E-state index is 0.0500. The van der Waals surface area contributed by atoms with Crippen LogP contribution in [-0.2, 0) is 16.6 Å². The number of nitrogens with zero attached hydrogens (tertiary/aromatic N) is 2. The van der Waals surface area contributed by atoms with E-state index >= 15 is 0 Å². The van der Waals surface area contributed by atoms with Crippen molar-refractivity contribution in [1.82, 2.24) is 9.71 Å². The topological polar surface area (TPSA) is 82.8 Å². The number of rotatable bonds is 4. The third-order valence-electron chi connectivity index (χ3n) is 2.30. The van der Waals surface area contributed by atoms with Crippen molar-refractivity contribution < 1.29 is 12.8 Å². The number of benzene rings is 1. The molecule has 1 heterocycles. The molecular formula is C11H8FN3O2S2. The predicted molar refractivity (Wildman–Crippen MR) is 67.3 cm³/mol. The molecule has 0 radical (unpaired) electrons. The fraction of sp³-hybridized carbons (Fsp3) is 0.0909. The van der Waals surface area contributed by atoms with Crippen molar-refractivity contribution in [2.45, 2.75) is 11.4 Å². The summed E-state index contributed by atoms with van der Waals surface area (Å²) in [6.45, 7) is 0.0500. The average Bonchev–Trinajstić information content (AvgIpc) is 2.89. The molecule has 0 unspecified atom stereocenters. The Morgan fingerprint density at radius 1 is 1.47 bits per heavy atom. The van der Waals surface area contributed by atoms with Crippen LogP contribution in [0.5, 0.6) is 0 Å². The largest absolute Gasteiger partial charge is 0.253 e. The van der Waals surface area contributed by atoms with Crippen molar-refractivity contribution in [1.29, 1.82) is 5.26 Å². The molecule has 19 heavy (non-hydrogen) atoms. The minimum atomic E-state index is -3.94. The fourth-order valence-electron chi connectivity index (χ4n) is 1.41. The molecule has 0 aliphatic heterocycles. The van der Waals surface area contributed by atoms with Crippen LogP contribution in [-0.4, -0.2) is 13.4 Å². The van der Waals surface area contributed by atoms with Gasteiger partial charge in [-0.2, -0.15) is 5.26 Å². The summed E-state index contributed by atoms with van der Waals surface area (Å²) in [6.07, 6.45) is 1.53. The Morgan fingerprint density at radius 2 is 2.26 bits per heavy atom. The Bertz CT molecular complexity index is 721. The van der Waals surface area contributed by atoms with Crippen LogP contribution in [0.15, 0.2) is 34.8 Å². The first-order chi connectivity index (χ1) is 9.04. The molecule has 0 fully saturated rings. The smallest absolute Gasteiger partial charge is 0.242 e. The fourth-order valence-corrected chi connectivity index (χ4v) is 3.21. The third kappa shape index (κ3) is 2.96. The van der Waals surface area contributed by atoms with E-state index in [0.29, 0.717) is 0 Å². The Kier molecular flexibility index (Phi) is 3.90. The maximum absolute atomic E-state index is 13.4. The number of hydrogen-bond acceptors (Lipinski definition) is 5. The van der Waals surface area contributed by atoms with Crippen molar-refractivity contribution >= 4 is 21.4 Å². The molecule has 5 nitrogen and oxygen atoms in total. The monoisotopic (exact) mass is 297 g/mol. The van der Waals surface area contributed by atoms with Gasteiger partial charge in [0.1, 0.15) is 22.3 Å². The highest BCUT2D eigenvalue weighted by atomic mass is 32.2. The van der Waals surface area contributed by atoms with Gasteiger partial charge in [0.25, 0.3) is 0 Å². The Morgan fingerprint density at radius 3 is 2.89 bits per heavy atom. The van der Waals surface area contributed by atoms with E-state index in [0.717, 1.165) is 10.9 Å². The van der Waals surface area contributed by atoms with Gasteiger partial charge in [-0.1, -0.05) is 6.07 Å². The summed E-state index contributed by atoms with van der Waals surface area (Å²) >= 11 is 1.29. The molecule has 0 aliphatic carbocycles. The summed E-state index contributed by atoms with van der Waals surface area (Å²) in [7, 11) is -3.94. The molecule has 2 rings (SSSR count). The van der Waals surface area contributed by atoms with E-state index < -0.39 is 21.4 Å². The molecule has 0 atom stereocenters. The minimum Gasteiger partial charge on any atom is -0.253 e. The van der Waals surface area contributed by atoms with Gasteiger partial charge in [-0.25, -0.2) is 17.5 Å². The first-order valence-corrected chi connectivity index (χ1v) is 7.46. The summed E-state index contributed by atoms with van der Waals surface area (Å²) in [5.74, 6) is -0.858.